The Morgan fingerprint density at radius 3 is 2.38 bits per heavy atom. The second-order valence-electron chi connectivity index (χ2n) is 5.98. The van der Waals surface area contributed by atoms with Crippen molar-refractivity contribution >= 4 is 23.1 Å². The van der Waals surface area contributed by atoms with Gasteiger partial charge in [0.25, 0.3) is 0 Å². The molecule has 1 aliphatic rings. The molecule has 2 rings (SSSR count). The molecule has 4 N–H and O–H groups in total. The summed E-state index contributed by atoms with van der Waals surface area (Å²) in [6, 6.07) is 7.54. The molecule has 0 aromatic heterocycles. The Hall–Kier alpha value is -2.24. The maximum Gasteiger partial charge on any atom is 0.238 e. The number of oxime groups is 1. The fraction of sp³-hybridized carbons (Fsp3) is 0.467. The number of anilines is 2. The predicted molar refractivity (Wildman–Crippen MR) is 83.6 cm³/mol. The van der Waals surface area contributed by atoms with Crippen LogP contribution in [0.3, 0.4) is 0 Å². The van der Waals surface area contributed by atoms with Crippen LogP contribution in [0.4, 0.5) is 11.4 Å². The van der Waals surface area contributed by atoms with Crippen LogP contribution in [0, 0.1) is 11.3 Å². The van der Waals surface area contributed by atoms with Crippen molar-refractivity contribution < 1.29 is 10.0 Å². The average Bonchev–Trinajstić information content (AvgIpc) is 2.43. The fourth-order valence-electron chi connectivity index (χ4n) is 2.83. The van der Waals surface area contributed by atoms with Crippen LogP contribution in [0.15, 0.2) is 29.4 Å². The minimum Gasteiger partial charge on any atom is -0.409 e. The molecule has 0 heterocycles. The van der Waals surface area contributed by atoms with Crippen molar-refractivity contribution in [3.05, 3.63) is 24.3 Å². The van der Waals surface area contributed by atoms with E-state index in [0.29, 0.717) is 24.4 Å². The van der Waals surface area contributed by atoms with Gasteiger partial charge in [-0.15, -0.1) is 0 Å². The molecule has 6 heteroatoms. The molecule has 1 aromatic rings. The third kappa shape index (κ3) is 2.79. The Kier molecular flexibility index (Phi) is 4.06. The molecule has 1 amide bonds. The molecule has 0 atom stereocenters. The highest BCUT2D eigenvalue weighted by Crippen LogP contribution is 2.46. The van der Waals surface area contributed by atoms with Gasteiger partial charge < -0.3 is 21.2 Å². The first kappa shape index (κ1) is 15.2. The van der Waals surface area contributed by atoms with Gasteiger partial charge in [-0.1, -0.05) is 12.1 Å². The van der Waals surface area contributed by atoms with Crippen LogP contribution in [0.1, 0.15) is 19.8 Å². The Morgan fingerprint density at radius 1 is 1.38 bits per heavy atom. The highest BCUT2D eigenvalue weighted by molar-refractivity contribution is 6.12. The van der Waals surface area contributed by atoms with Gasteiger partial charge in [0.1, 0.15) is 5.41 Å². The molecule has 1 fully saturated rings. The Bertz CT molecular complexity index is 545. The van der Waals surface area contributed by atoms with Crippen LogP contribution >= 0.6 is 0 Å². The van der Waals surface area contributed by atoms with Crippen molar-refractivity contribution in [3.63, 3.8) is 0 Å². The van der Waals surface area contributed by atoms with Crippen molar-refractivity contribution in [2.24, 2.45) is 22.2 Å². The summed E-state index contributed by atoms with van der Waals surface area (Å²) in [4.78, 5) is 14.5. The van der Waals surface area contributed by atoms with Gasteiger partial charge >= 0.3 is 0 Å². The average molecular weight is 290 g/mol. The summed E-state index contributed by atoms with van der Waals surface area (Å²) in [6.45, 7) is 2.04. The van der Waals surface area contributed by atoms with Crippen LogP contribution in [0.25, 0.3) is 0 Å². The predicted octanol–water partition coefficient (Wildman–Crippen LogP) is 1.85. The molecule has 0 unspecified atom stereocenters. The van der Waals surface area contributed by atoms with E-state index in [0.717, 1.165) is 5.69 Å². The van der Waals surface area contributed by atoms with E-state index in [-0.39, 0.29) is 11.7 Å². The first-order valence-electron chi connectivity index (χ1n) is 6.96. The van der Waals surface area contributed by atoms with Crippen molar-refractivity contribution in [2.75, 3.05) is 24.3 Å². The number of amidine groups is 1. The van der Waals surface area contributed by atoms with Crippen molar-refractivity contribution in [1.82, 2.24) is 0 Å². The lowest BCUT2D eigenvalue weighted by molar-refractivity contribution is -0.127. The largest absolute Gasteiger partial charge is 0.409 e. The Morgan fingerprint density at radius 2 is 1.95 bits per heavy atom. The SMILES string of the molecule is CC1CC(C(=O)Nc2ccc(N(C)C)cc2)(/C(N)=N/O)C1. The lowest BCUT2D eigenvalue weighted by atomic mass is 9.61. The van der Waals surface area contributed by atoms with Gasteiger partial charge in [0.2, 0.25) is 5.91 Å². The van der Waals surface area contributed by atoms with E-state index in [4.69, 9.17) is 10.9 Å². The summed E-state index contributed by atoms with van der Waals surface area (Å²) in [6.07, 6.45) is 1.20. The van der Waals surface area contributed by atoms with Gasteiger partial charge in [-0.3, -0.25) is 4.79 Å². The molecule has 114 valence electrons. The number of carbonyl (C=O) groups is 1. The smallest absolute Gasteiger partial charge is 0.238 e. The maximum absolute atomic E-state index is 12.5. The second-order valence-corrected chi connectivity index (χ2v) is 5.98. The van der Waals surface area contributed by atoms with Crippen LogP contribution in [-0.2, 0) is 4.79 Å². The van der Waals surface area contributed by atoms with E-state index in [1.807, 2.05) is 50.2 Å². The molecule has 0 bridgehead atoms. The van der Waals surface area contributed by atoms with Gasteiger partial charge in [-0.25, -0.2) is 0 Å². The Labute approximate surface area is 124 Å². The zero-order valence-corrected chi connectivity index (χ0v) is 12.6. The van der Waals surface area contributed by atoms with Crippen molar-refractivity contribution in [1.29, 1.82) is 0 Å². The van der Waals surface area contributed by atoms with E-state index in [1.54, 1.807) is 0 Å². The number of hydrogen-bond acceptors (Lipinski definition) is 4. The normalized spacial score (nSPS) is 25.1. The van der Waals surface area contributed by atoms with Gasteiger partial charge in [0, 0.05) is 25.5 Å². The number of nitrogens with zero attached hydrogens (tertiary/aromatic N) is 2. The van der Waals surface area contributed by atoms with E-state index in [1.165, 1.54) is 0 Å². The topological polar surface area (TPSA) is 91.0 Å². The molecule has 0 spiro atoms. The maximum atomic E-state index is 12.5. The molecule has 0 radical (unpaired) electrons. The summed E-state index contributed by atoms with van der Waals surface area (Å²) in [7, 11) is 3.91. The Balaban J connectivity index is 2.13. The molecule has 1 aromatic carbocycles. The zero-order valence-electron chi connectivity index (χ0n) is 12.6. The molecular weight excluding hydrogens is 268 g/mol. The molecular formula is C15H22N4O2. The lowest BCUT2D eigenvalue weighted by Crippen LogP contribution is -2.54. The summed E-state index contributed by atoms with van der Waals surface area (Å²) in [5, 5.41) is 14.8. The molecule has 1 aliphatic carbocycles. The first-order chi connectivity index (χ1) is 9.89. The molecule has 1 saturated carbocycles. The third-order valence-electron chi connectivity index (χ3n) is 4.07. The van der Waals surface area contributed by atoms with Crippen molar-refractivity contribution in [3.8, 4) is 0 Å². The van der Waals surface area contributed by atoms with Crippen LogP contribution in [-0.4, -0.2) is 31.0 Å². The van der Waals surface area contributed by atoms with Crippen LogP contribution < -0.4 is 16.0 Å². The molecule has 6 nitrogen and oxygen atoms in total. The first-order valence-corrected chi connectivity index (χ1v) is 6.96. The van der Waals surface area contributed by atoms with Gasteiger partial charge in [-0.2, -0.15) is 0 Å². The van der Waals surface area contributed by atoms with E-state index in [9.17, 15) is 4.79 Å². The van der Waals surface area contributed by atoms with Crippen LogP contribution in [0.2, 0.25) is 0 Å². The summed E-state index contributed by atoms with van der Waals surface area (Å²) in [5.41, 5.74) is 6.60. The number of rotatable bonds is 4. The van der Waals surface area contributed by atoms with Crippen LogP contribution in [0.5, 0.6) is 0 Å². The minimum absolute atomic E-state index is 0.0111. The van der Waals surface area contributed by atoms with Gasteiger partial charge in [-0.05, 0) is 43.0 Å². The number of nitrogens with one attached hydrogen (secondary N) is 1. The van der Waals surface area contributed by atoms with E-state index >= 15 is 0 Å². The fourth-order valence-corrected chi connectivity index (χ4v) is 2.83. The molecule has 21 heavy (non-hydrogen) atoms. The molecule has 0 saturated heterocycles. The number of benzene rings is 1. The van der Waals surface area contributed by atoms with E-state index in [2.05, 4.69) is 10.5 Å². The lowest BCUT2D eigenvalue weighted by Gasteiger charge is -2.43. The van der Waals surface area contributed by atoms with Gasteiger partial charge in [0.15, 0.2) is 5.84 Å². The van der Waals surface area contributed by atoms with Gasteiger partial charge in [0.05, 0.1) is 0 Å². The standard InChI is InChI=1S/C15H22N4O2/c1-10-8-15(9-10,13(16)18-21)14(20)17-11-4-6-12(7-5-11)19(2)3/h4-7,10,21H,8-9H2,1-3H3,(H2,16,18)(H,17,20). The quantitative estimate of drug-likeness (QED) is 0.341. The minimum atomic E-state index is -0.881. The second kappa shape index (κ2) is 5.63. The highest BCUT2D eigenvalue weighted by atomic mass is 16.4. The summed E-state index contributed by atoms with van der Waals surface area (Å²) >= 11 is 0. The number of nitrogens with two attached hydrogens (primary N) is 1. The monoisotopic (exact) mass is 290 g/mol. The van der Waals surface area contributed by atoms with E-state index < -0.39 is 5.41 Å². The summed E-state index contributed by atoms with van der Waals surface area (Å²) < 4.78 is 0. The number of amides is 1. The van der Waals surface area contributed by atoms with Crippen molar-refractivity contribution in [2.45, 2.75) is 19.8 Å². The number of hydrogen-bond donors (Lipinski definition) is 3. The zero-order chi connectivity index (χ0) is 15.6. The third-order valence-corrected chi connectivity index (χ3v) is 4.07. The summed E-state index contributed by atoms with van der Waals surface area (Å²) in [5.74, 6) is 0.170. The molecule has 0 aliphatic heterocycles. The number of carbonyl (C=O) groups excluding carboxylic acids is 1. The highest BCUT2D eigenvalue weighted by Gasteiger charge is 2.52.